The van der Waals surface area contributed by atoms with Gasteiger partial charge in [0.2, 0.25) is 0 Å². The SMILES string of the molecule is COc1cccc(OC)c1C(=O)Nc1nc(-c2ccc3[nH]c(=O)oc3c2)cs1. The van der Waals surface area contributed by atoms with Crippen molar-refractivity contribution in [3.8, 4) is 22.8 Å². The number of amides is 1. The maximum absolute atomic E-state index is 12.7. The van der Waals surface area contributed by atoms with Gasteiger partial charge in [-0.05, 0) is 24.3 Å². The standard InChI is InChI=1S/C19H15N3O5S/c1-25-13-4-3-5-14(26-2)16(13)17(23)22-18-20-12(9-28-18)10-6-7-11-15(8-10)27-19(24)21-11/h3-9H,1-2H3,(H,21,24)(H,20,22,23). The number of carbonyl (C=O) groups excluding carboxylic acids is 1. The second-order valence-electron chi connectivity index (χ2n) is 5.76. The fourth-order valence-corrected chi connectivity index (χ4v) is 3.52. The number of H-pyrrole nitrogens is 1. The van der Waals surface area contributed by atoms with E-state index >= 15 is 0 Å². The molecular weight excluding hydrogens is 382 g/mol. The zero-order valence-corrected chi connectivity index (χ0v) is 15.8. The summed E-state index contributed by atoms with van der Waals surface area (Å²) in [6.07, 6.45) is 0. The number of nitrogens with one attached hydrogen (secondary N) is 2. The van der Waals surface area contributed by atoms with Gasteiger partial charge in [-0.25, -0.2) is 9.78 Å². The van der Waals surface area contributed by atoms with Crippen molar-refractivity contribution < 1.29 is 18.7 Å². The predicted octanol–water partition coefficient (Wildman–Crippen LogP) is 3.51. The number of benzene rings is 2. The van der Waals surface area contributed by atoms with Crippen LogP contribution in [0.3, 0.4) is 0 Å². The summed E-state index contributed by atoms with van der Waals surface area (Å²) in [4.78, 5) is 31.1. The first-order chi connectivity index (χ1) is 13.6. The minimum absolute atomic E-state index is 0.291. The molecule has 0 radical (unpaired) electrons. The van der Waals surface area contributed by atoms with E-state index < -0.39 is 5.76 Å². The number of thiazole rings is 1. The van der Waals surface area contributed by atoms with E-state index in [-0.39, 0.29) is 5.91 Å². The number of aromatic nitrogens is 2. The van der Waals surface area contributed by atoms with Crippen molar-refractivity contribution in [2.45, 2.75) is 0 Å². The number of fused-ring (bicyclic) bond motifs is 1. The number of oxazole rings is 1. The van der Waals surface area contributed by atoms with Crippen molar-refractivity contribution >= 4 is 33.5 Å². The molecule has 2 aromatic carbocycles. The molecule has 2 aromatic heterocycles. The highest BCUT2D eigenvalue weighted by molar-refractivity contribution is 7.14. The summed E-state index contributed by atoms with van der Waals surface area (Å²) in [6.45, 7) is 0. The van der Waals surface area contributed by atoms with Gasteiger partial charge in [-0.15, -0.1) is 11.3 Å². The third kappa shape index (κ3) is 3.23. The van der Waals surface area contributed by atoms with Gasteiger partial charge in [0.15, 0.2) is 10.7 Å². The third-order valence-electron chi connectivity index (χ3n) is 4.10. The van der Waals surface area contributed by atoms with Crippen LogP contribution in [0.25, 0.3) is 22.4 Å². The number of methoxy groups -OCH3 is 2. The Balaban J connectivity index is 1.61. The summed E-state index contributed by atoms with van der Waals surface area (Å²) in [7, 11) is 2.98. The largest absolute Gasteiger partial charge is 0.496 e. The number of carbonyl (C=O) groups is 1. The van der Waals surface area contributed by atoms with Crippen LogP contribution in [0.5, 0.6) is 11.5 Å². The van der Waals surface area contributed by atoms with Crippen molar-refractivity contribution in [2.75, 3.05) is 19.5 Å². The maximum Gasteiger partial charge on any atom is 0.417 e. The van der Waals surface area contributed by atoms with Crippen molar-refractivity contribution in [1.82, 2.24) is 9.97 Å². The molecule has 2 heterocycles. The highest BCUT2D eigenvalue weighted by Crippen LogP contribution is 2.31. The first-order valence-corrected chi connectivity index (χ1v) is 9.08. The van der Waals surface area contributed by atoms with E-state index in [2.05, 4.69) is 15.3 Å². The number of anilines is 1. The molecule has 142 valence electrons. The Hall–Kier alpha value is -3.59. The normalized spacial score (nSPS) is 10.8. The summed E-state index contributed by atoms with van der Waals surface area (Å²) in [5, 5.41) is 4.99. The summed E-state index contributed by atoms with van der Waals surface area (Å²) in [6, 6.07) is 10.4. The molecule has 0 fully saturated rings. The van der Waals surface area contributed by atoms with Crippen LogP contribution in [0.2, 0.25) is 0 Å². The van der Waals surface area contributed by atoms with Gasteiger partial charge < -0.3 is 13.9 Å². The zero-order valence-electron chi connectivity index (χ0n) is 14.9. The van der Waals surface area contributed by atoms with Gasteiger partial charge in [0.05, 0.1) is 25.4 Å². The van der Waals surface area contributed by atoms with Gasteiger partial charge in [0.25, 0.3) is 5.91 Å². The minimum Gasteiger partial charge on any atom is -0.496 e. The van der Waals surface area contributed by atoms with Gasteiger partial charge >= 0.3 is 5.76 Å². The Bertz CT molecular complexity index is 1200. The first kappa shape index (κ1) is 17.8. The molecule has 8 nitrogen and oxygen atoms in total. The van der Waals surface area contributed by atoms with Gasteiger partial charge in [0, 0.05) is 10.9 Å². The predicted molar refractivity (Wildman–Crippen MR) is 105 cm³/mol. The van der Waals surface area contributed by atoms with Gasteiger partial charge in [-0.1, -0.05) is 12.1 Å². The molecule has 0 bridgehead atoms. The summed E-state index contributed by atoms with van der Waals surface area (Å²) >= 11 is 1.28. The Morgan fingerprint density at radius 1 is 1.18 bits per heavy atom. The van der Waals surface area contributed by atoms with E-state index in [0.29, 0.717) is 39.0 Å². The highest BCUT2D eigenvalue weighted by atomic mass is 32.1. The van der Waals surface area contributed by atoms with Crippen molar-refractivity contribution in [3.63, 3.8) is 0 Å². The topological polar surface area (TPSA) is 106 Å². The molecule has 0 saturated heterocycles. The molecular formula is C19H15N3O5S. The van der Waals surface area contributed by atoms with Gasteiger partial charge in [0.1, 0.15) is 17.1 Å². The zero-order chi connectivity index (χ0) is 19.7. The van der Waals surface area contributed by atoms with E-state index in [1.807, 2.05) is 6.07 Å². The van der Waals surface area contributed by atoms with Crippen LogP contribution in [-0.2, 0) is 0 Å². The number of hydrogen-bond acceptors (Lipinski definition) is 7. The number of nitrogens with zero attached hydrogens (tertiary/aromatic N) is 1. The average Bonchev–Trinajstić information content (AvgIpc) is 3.31. The minimum atomic E-state index is -0.510. The fourth-order valence-electron chi connectivity index (χ4n) is 2.80. The van der Waals surface area contributed by atoms with Gasteiger partial charge in [-0.3, -0.25) is 15.1 Å². The third-order valence-corrected chi connectivity index (χ3v) is 4.85. The van der Waals surface area contributed by atoms with E-state index in [4.69, 9.17) is 13.9 Å². The van der Waals surface area contributed by atoms with E-state index in [0.717, 1.165) is 5.56 Å². The van der Waals surface area contributed by atoms with Crippen LogP contribution in [-0.4, -0.2) is 30.1 Å². The first-order valence-electron chi connectivity index (χ1n) is 8.20. The molecule has 0 aliphatic rings. The van der Waals surface area contributed by atoms with Crippen molar-refractivity contribution in [1.29, 1.82) is 0 Å². The molecule has 0 aliphatic heterocycles. The number of aromatic amines is 1. The second-order valence-corrected chi connectivity index (χ2v) is 6.61. The van der Waals surface area contributed by atoms with Crippen molar-refractivity contribution in [3.05, 3.63) is 57.9 Å². The Morgan fingerprint density at radius 3 is 2.64 bits per heavy atom. The van der Waals surface area contributed by atoms with Gasteiger partial charge in [-0.2, -0.15) is 0 Å². The number of rotatable bonds is 5. The molecule has 0 unspecified atom stereocenters. The molecule has 9 heteroatoms. The highest BCUT2D eigenvalue weighted by Gasteiger charge is 2.19. The second kappa shape index (κ2) is 7.20. The van der Waals surface area contributed by atoms with E-state index in [1.54, 1.807) is 35.7 Å². The lowest BCUT2D eigenvalue weighted by Crippen LogP contribution is -2.14. The van der Waals surface area contributed by atoms with Crippen LogP contribution < -0.4 is 20.5 Å². The molecule has 2 N–H and O–H groups in total. The summed E-state index contributed by atoms with van der Waals surface area (Å²) < 4.78 is 15.6. The molecule has 28 heavy (non-hydrogen) atoms. The quantitative estimate of drug-likeness (QED) is 0.534. The molecule has 0 atom stereocenters. The van der Waals surface area contributed by atoms with Crippen molar-refractivity contribution in [2.24, 2.45) is 0 Å². The van der Waals surface area contributed by atoms with E-state index in [1.165, 1.54) is 25.6 Å². The fraction of sp³-hybridized carbons (Fsp3) is 0.105. The number of hydrogen-bond donors (Lipinski definition) is 2. The van der Waals surface area contributed by atoms with Crippen LogP contribution in [0.1, 0.15) is 10.4 Å². The summed E-state index contributed by atoms with van der Waals surface area (Å²) in [5.41, 5.74) is 2.76. The molecule has 1 amide bonds. The van der Waals surface area contributed by atoms with E-state index in [9.17, 15) is 9.59 Å². The molecule has 0 aliphatic carbocycles. The lowest BCUT2D eigenvalue weighted by Gasteiger charge is -2.11. The Kier molecular flexibility index (Phi) is 4.58. The Morgan fingerprint density at radius 2 is 1.93 bits per heavy atom. The van der Waals surface area contributed by atoms with Crippen LogP contribution in [0, 0.1) is 0 Å². The monoisotopic (exact) mass is 397 g/mol. The lowest BCUT2D eigenvalue weighted by molar-refractivity contribution is 0.102. The average molecular weight is 397 g/mol. The molecule has 4 aromatic rings. The lowest BCUT2D eigenvalue weighted by atomic mass is 10.1. The molecule has 4 rings (SSSR count). The van der Waals surface area contributed by atoms with Crippen LogP contribution in [0.15, 0.2) is 51.0 Å². The number of ether oxygens (including phenoxy) is 2. The molecule has 0 saturated carbocycles. The summed E-state index contributed by atoms with van der Waals surface area (Å²) in [5.74, 6) is -0.0884. The van der Waals surface area contributed by atoms with Crippen LogP contribution >= 0.6 is 11.3 Å². The smallest absolute Gasteiger partial charge is 0.417 e. The Labute approximate surface area is 162 Å². The van der Waals surface area contributed by atoms with Crippen LogP contribution in [0.4, 0.5) is 5.13 Å². The maximum atomic E-state index is 12.7. The molecule has 0 spiro atoms.